The quantitative estimate of drug-likeness (QED) is 0.756. The number of carbonyl (C=O) groups is 1. The van der Waals surface area contributed by atoms with Gasteiger partial charge in [0.1, 0.15) is 5.75 Å². The lowest BCUT2D eigenvalue weighted by molar-refractivity contribution is -0.114. The summed E-state index contributed by atoms with van der Waals surface area (Å²) in [6.07, 6.45) is 3.41. The molecule has 5 heteroatoms. The van der Waals surface area contributed by atoms with E-state index in [1.807, 2.05) is 31.2 Å². The second-order valence-corrected chi connectivity index (χ2v) is 6.17. The van der Waals surface area contributed by atoms with Crippen molar-refractivity contribution in [2.45, 2.75) is 40.0 Å². The van der Waals surface area contributed by atoms with Crippen LogP contribution in [0, 0.1) is 6.92 Å². The minimum absolute atomic E-state index is 0.107. The highest BCUT2D eigenvalue weighted by Gasteiger charge is 2.14. The van der Waals surface area contributed by atoms with E-state index in [0.717, 1.165) is 34.9 Å². The third kappa shape index (κ3) is 4.31. The standard InChI is InChI=1S/C17H22N2O2S/c1-4-5-8-11-21-15-10-7-6-9-14(15)16-12(2)18-17(22-16)19-13(3)20/h6-7,9-10H,4-5,8,11H2,1-3H3,(H,18,19,20). The molecular weight excluding hydrogens is 296 g/mol. The van der Waals surface area contributed by atoms with E-state index in [2.05, 4.69) is 17.2 Å². The summed E-state index contributed by atoms with van der Waals surface area (Å²) in [6.45, 7) is 6.34. The van der Waals surface area contributed by atoms with Crippen molar-refractivity contribution >= 4 is 22.4 Å². The summed E-state index contributed by atoms with van der Waals surface area (Å²) in [7, 11) is 0. The molecule has 1 aromatic heterocycles. The van der Waals surface area contributed by atoms with E-state index >= 15 is 0 Å². The van der Waals surface area contributed by atoms with Gasteiger partial charge in [-0.25, -0.2) is 4.98 Å². The van der Waals surface area contributed by atoms with Gasteiger partial charge in [-0.05, 0) is 25.5 Å². The Kier molecular flexibility index (Phi) is 5.95. The van der Waals surface area contributed by atoms with Gasteiger partial charge in [0.15, 0.2) is 5.13 Å². The molecule has 0 aliphatic heterocycles. The van der Waals surface area contributed by atoms with Gasteiger partial charge in [0.05, 0.1) is 17.2 Å². The molecule has 0 atom stereocenters. The van der Waals surface area contributed by atoms with Crippen LogP contribution in [-0.2, 0) is 4.79 Å². The number of anilines is 1. The predicted molar refractivity (Wildman–Crippen MR) is 91.6 cm³/mol. The van der Waals surface area contributed by atoms with Crippen LogP contribution in [0.4, 0.5) is 5.13 Å². The minimum Gasteiger partial charge on any atom is -0.493 e. The summed E-state index contributed by atoms with van der Waals surface area (Å²) in [5, 5.41) is 3.37. The van der Waals surface area contributed by atoms with Crippen molar-refractivity contribution in [3.63, 3.8) is 0 Å². The lowest BCUT2D eigenvalue weighted by Crippen LogP contribution is -2.04. The van der Waals surface area contributed by atoms with Crippen LogP contribution in [0.1, 0.15) is 38.8 Å². The number of aryl methyl sites for hydroxylation is 1. The van der Waals surface area contributed by atoms with Crippen molar-refractivity contribution < 1.29 is 9.53 Å². The zero-order chi connectivity index (χ0) is 15.9. The second kappa shape index (κ2) is 7.94. The average Bonchev–Trinajstić information content (AvgIpc) is 2.83. The van der Waals surface area contributed by atoms with Gasteiger partial charge in [-0.15, -0.1) is 0 Å². The average molecular weight is 318 g/mol. The molecule has 0 fully saturated rings. The molecular formula is C17H22N2O2S. The molecule has 0 unspecified atom stereocenters. The number of hydrogen-bond donors (Lipinski definition) is 1. The second-order valence-electron chi connectivity index (χ2n) is 5.17. The fourth-order valence-corrected chi connectivity index (χ4v) is 3.21. The van der Waals surface area contributed by atoms with Gasteiger partial charge in [0.25, 0.3) is 0 Å². The maximum atomic E-state index is 11.2. The Balaban J connectivity index is 2.21. The third-order valence-electron chi connectivity index (χ3n) is 3.22. The molecule has 0 saturated carbocycles. The number of rotatable bonds is 7. The van der Waals surface area contributed by atoms with E-state index in [9.17, 15) is 4.79 Å². The van der Waals surface area contributed by atoms with Crippen molar-refractivity contribution in [1.82, 2.24) is 4.98 Å². The molecule has 0 radical (unpaired) electrons. The first-order valence-electron chi connectivity index (χ1n) is 7.59. The Morgan fingerprint density at radius 1 is 1.32 bits per heavy atom. The van der Waals surface area contributed by atoms with Crippen molar-refractivity contribution in [2.75, 3.05) is 11.9 Å². The lowest BCUT2D eigenvalue weighted by Gasteiger charge is -2.10. The highest BCUT2D eigenvalue weighted by molar-refractivity contribution is 7.19. The van der Waals surface area contributed by atoms with E-state index in [4.69, 9.17) is 4.74 Å². The molecule has 1 heterocycles. The number of nitrogens with zero attached hydrogens (tertiary/aromatic N) is 1. The Morgan fingerprint density at radius 2 is 2.09 bits per heavy atom. The molecule has 2 aromatic rings. The number of unbranched alkanes of at least 4 members (excludes halogenated alkanes) is 2. The largest absolute Gasteiger partial charge is 0.493 e. The zero-order valence-corrected chi connectivity index (χ0v) is 14.1. The number of ether oxygens (including phenoxy) is 1. The van der Waals surface area contributed by atoms with E-state index in [1.54, 1.807) is 0 Å². The fourth-order valence-electron chi connectivity index (χ4n) is 2.16. The Bertz CT molecular complexity index is 637. The molecule has 0 aliphatic rings. The summed E-state index contributed by atoms with van der Waals surface area (Å²) in [6, 6.07) is 7.99. The number of benzene rings is 1. The number of nitrogens with one attached hydrogen (secondary N) is 1. The van der Waals surface area contributed by atoms with Crippen molar-refractivity contribution in [3.05, 3.63) is 30.0 Å². The SMILES string of the molecule is CCCCCOc1ccccc1-c1sc(NC(C)=O)nc1C. The Hall–Kier alpha value is -1.88. The summed E-state index contributed by atoms with van der Waals surface area (Å²) < 4.78 is 5.93. The van der Waals surface area contributed by atoms with Crippen molar-refractivity contribution in [3.8, 4) is 16.2 Å². The van der Waals surface area contributed by atoms with Gasteiger partial charge in [-0.2, -0.15) is 0 Å². The number of amides is 1. The molecule has 118 valence electrons. The molecule has 22 heavy (non-hydrogen) atoms. The predicted octanol–water partition coefficient (Wildman–Crippen LogP) is 4.65. The normalized spacial score (nSPS) is 10.5. The molecule has 0 aliphatic carbocycles. The Morgan fingerprint density at radius 3 is 2.82 bits per heavy atom. The summed E-state index contributed by atoms with van der Waals surface area (Å²) >= 11 is 1.48. The molecule has 1 amide bonds. The van der Waals surface area contributed by atoms with Crippen molar-refractivity contribution in [2.24, 2.45) is 0 Å². The third-order valence-corrected chi connectivity index (χ3v) is 4.32. The Labute approximate surface area is 135 Å². The van der Waals surface area contributed by atoms with Crippen LogP contribution in [0.5, 0.6) is 5.75 Å². The van der Waals surface area contributed by atoms with E-state index in [1.165, 1.54) is 31.1 Å². The summed E-state index contributed by atoms with van der Waals surface area (Å²) in [5.74, 6) is 0.768. The first-order valence-corrected chi connectivity index (χ1v) is 8.40. The molecule has 0 saturated heterocycles. The first kappa shape index (κ1) is 16.5. The van der Waals surface area contributed by atoms with Gasteiger partial charge < -0.3 is 10.1 Å². The van der Waals surface area contributed by atoms with Crippen LogP contribution in [0.3, 0.4) is 0 Å². The number of para-hydroxylation sites is 1. The number of carbonyl (C=O) groups excluding carboxylic acids is 1. The molecule has 1 N–H and O–H groups in total. The molecule has 0 bridgehead atoms. The topological polar surface area (TPSA) is 51.2 Å². The van der Waals surface area contributed by atoms with E-state index < -0.39 is 0 Å². The van der Waals surface area contributed by atoms with Gasteiger partial charge in [0, 0.05) is 12.5 Å². The molecule has 1 aromatic carbocycles. The van der Waals surface area contributed by atoms with Crippen LogP contribution in [-0.4, -0.2) is 17.5 Å². The van der Waals surface area contributed by atoms with Crippen molar-refractivity contribution in [1.29, 1.82) is 0 Å². The minimum atomic E-state index is -0.107. The smallest absolute Gasteiger partial charge is 0.223 e. The number of thiazole rings is 1. The first-order chi connectivity index (χ1) is 10.6. The number of aromatic nitrogens is 1. The molecule has 2 rings (SSSR count). The monoisotopic (exact) mass is 318 g/mol. The van der Waals surface area contributed by atoms with Gasteiger partial charge in [-0.3, -0.25) is 4.79 Å². The van der Waals surface area contributed by atoms with E-state index in [0.29, 0.717) is 5.13 Å². The van der Waals surface area contributed by atoms with E-state index in [-0.39, 0.29) is 5.91 Å². The molecule has 4 nitrogen and oxygen atoms in total. The summed E-state index contributed by atoms with van der Waals surface area (Å²) in [4.78, 5) is 16.6. The van der Waals surface area contributed by atoms with Crippen LogP contribution < -0.4 is 10.1 Å². The summed E-state index contributed by atoms with van der Waals surface area (Å²) in [5.41, 5.74) is 1.93. The highest BCUT2D eigenvalue weighted by Crippen LogP contribution is 2.38. The van der Waals surface area contributed by atoms with Gasteiger partial charge in [0.2, 0.25) is 5.91 Å². The fraction of sp³-hybridized carbons (Fsp3) is 0.412. The zero-order valence-electron chi connectivity index (χ0n) is 13.3. The lowest BCUT2D eigenvalue weighted by atomic mass is 10.1. The molecule has 0 spiro atoms. The van der Waals surface area contributed by atoms with Crippen LogP contribution in [0.15, 0.2) is 24.3 Å². The van der Waals surface area contributed by atoms with Gasteiger partial charge >= 0.3 is 0 Å². The van der Waals surface area contributed by atoms with Gasteiger partial charge in [-0.1, -0.05) is 43.2 Å². The van der Waals surface area contributed by atoms with Crippen LogP contribution >= 0.6 is 11.3 Å². The van der Waals surface area contributed by atoms with Crippen LogP contribution in [0.2, 0.25) is 0 Å². The number of hydrogen-bond acceptors (Lipinski definition) is 4. The highest BCUT2D eigenvalue weighted by atomic mass is 32.1. The maximum absolute atomic E-state index is 11.2. The van der Waals surface area contributed by atoms with Crippen LogP contribution in [0.25, 0.3) is 10.4 Å². The maximum Gasteiger partial charge on any atom is 0.223 e.